The van der Waals surface area contributed by atoms with Crippen molar-refractivity contribution >= 4 is 39.5 Å². The predicted molar refractivity (Wildman–Crippen MR) is 436 cm³/mol. The summed E-state index contributed by atoms with van der Waals surface area (Å²) in [6.45, 7) is 4.62. The van der Waals surface area contributed by atoms with Crippen molar-refractivity contribution in [2.24, 2.45) is 0 Å². The number of esters is 4. The van der Waals surface area contributed by atoms with Crippen LogP contribution in [-0.2, 0) is 65.4 Å². The highest BCUT2D eigenvalue weighted by Crippen LogP contribution is 2.45. The minimum absolute atomic E-state index is 0.0318. The average Bonchev–Trinajstić information content (AvgIpc) is 0.901. The van der Waals surface area contributed by atoms with Gasteiger partial charge in [-0.05, 0) is 154 Å². The van der Waals surface area contributed by atoms with Gasteiger partial charge in [-0.3, -0.25) is 37.3 Å². The molecular weight excluding hydrogens is 1380 g/mol. The lowest BCUT2D eigenvalue weighted by molar-refractivity contribution is -0.161. The average molecular weight is 1530 g/mol. The first kappa shape index (κ1) is 101. The first-order chi connectivity index (χ1) is 51.7. The number of aliphatic hydroxyl groups excluding tert-OH is 1. The van der Waals surface area contributed by atoms with Gasteiger partial charge >= 0.3 is 39.5 Å². The second kappa shape index (κ2) is 78.1. The highest BCUT2D eigenvalue weighted by Gasteiger charge is 2.30. The van der Waals surface area contributed by atoms with Gasteiger partial charge in [0.1, 0.15) is 19.3 Å². The van der Waals surface area contributed by atoms with Crippen molar-refractivity contribution in [2.75, 3.05) is 39.6 Å². The van der Waals surface area contributed by atoms with Gasteiger partial charge in [0.15, 0.2) is 12.2 Å². The van der Waals surface area contributed by atoms with Crippen LogP contribution < -0.4 is 0 Å². The SMILES string of the molecule is CCCCC/C=C\C/C=C\C/C=C\C/C=C\C/C=C\CCC(=O)OC[C@H](COP(=O)(O)OC[C@H](O)COP(=O)(O)OC[C@@H](COC(=O)CC/C=C\C/C=C\C/C=C\C/C=C\C/C=C\CCCCC)OC(=O)CCCCCCC/C=C\CCCCCCCC)OC(=O)CCCCCCC/C=C\CCCCCC. The number of carbonyl (C=O) groups is 4. The molecule has 0 amide bonds. The smallest absolute Gasteiger partial charge is 0.462 e. The Balaban J connectivity index is 5.48. The molecule has 606 valence electrons. The quantitative estimate of drug-likeness (QED) is 0.0169. The Hall–Kier alpha value is -5.06. The van der Waals surface area contributed by atoms with Crippen LogP contribution in [0.3, 0.4) is 0 Å². The van der Waals surface area contributed by atoms with Gasteiger partial charge in [0.05, 0.1) is 26.4 Å². The molecule has 0 aromatic carbocycles. The summed E-state index contributed by atoms with van der Waals surface area (Å²) in [5.41, 5.74) is 0. The fourth-order valence-electron chi connectivity index (χ4n) is 10.5. The van der Waals surface area contributed by atoms with Crippen LogP contribution in [-0.4, -0.2) is 96.7 Å². The molecule has 5 atom stereocenters. The van der Waals surface area contributed by atoms with Crippen LogP contribution in [0.5, 0.6) is 0 Å². The van der Waals surface area contributed by atoms with Crippen molar-refractivity contribution in [1.29, 1.82) is 0 Å². The number of rotatable bonds is 76. The van der Waals surface area contributed by atoms with Crippen LogP contribution >= 0.6 is 15.6 Å². The van der Waals surface area contributed by atoms with Gasteiger partial charge in [-0.2, -0.15) is 0 Å². The monoisotopic (exact) mass is 1530 g/mol. The Kier molecular flexibility index (Phi) is 74.3. The fraction of sp³-hybridized carbons (Fsp3) is 0.678. The molecule has 0 spiro atoms. The molecular formula is C87H146O17P2. The number of hydrogen-bond acceptors (Lipinski definition) is 15. The molecule has 0 aliphatic rings. The summed E-state index contributed by atoms with van der Waals surface area (Å²) in [5.74, 6) is -2.39. The van der Waals surface area contributed by atoms with Crippen LogP contribution in [0.15, 0.2) is 146 Å². The highest BCUT2D eigenvalue weighted by molar-refractivity contribution is 7.47. The molecule has 0 aliphatic heterocycles. The molecule has 0 aliphatic carbocycles. The van der Waals surface area contributed by atoms with Gasteiger partial charge in [-0.1, -0.05) is 289 Å². The molecule has 0 aromatic heterocycles. The Morgan fingerprint density at radius 1 is 0.264 bits per heavy atom. The maximum absolute atomic E-state index is 13.1. The number of phosphoric acid groups is 2. The second-order valence-corrected chi connectivity index (χ2v) is 29.9. The van der Waals surface area contributed by atoms with Crippen LogP contribution in [0, 0.1) is 0 Å². The molecule has 0 saturated carbocycles. The van der Waals surface area contributed by atoms with E-state index in [4.69, 9.17) is 37.0 Å². The van der Waals surface area contributed by atoms with Crippen LogP contribution in [0.1, 0.15) is 323 Å². The number of hydrogen-bond donors (Lipinski definition) is 3. The number of carbonyl (C=O) groups excluding carboxylic acids is 4. The molecule has 2 unspecified atom stereocenters. The highest BCUT2D eigenvalue weighted by atomic mass is 31.2. The van der Waals surface area contributed by atoms with Crippen LogP contribution in [0.4, 0.5) is 0 Å². The lowest BCUT2D eigenvalue weighted by atomic mass is 10.1. The maximum atomic E-state index is 13.1. The number of ether oxygens (including phenoxy) is 4. The standard InChI is InChI=1S/C87H146O17P2/c1-5-9-13-17-21-25-29-33-36-38-40-42-45-48-51-55-59-63-67-71-84(89)97-77-82(103-86(91)73-69-65-61-57-53-47-32-28-24-20-16-12-8-4)79-101-105(93,94)99-75-81(88)76-100-106(95,96)102-80-83(104-87(92)74-70-66-62-58-54-50-44-35-31-27-23-19-15-11-7-3)78-98-85(90)72-68-64-60-56-52-49-46-43-41-39-37-34-30-26-22-18-14-10-6-2/h21-22,25-26,28,32-37,40-44,48-49,51-52,59-60,63-64,81-83,88H,5-20,23-24,27,29-31,38-39,45-47,50,53-58,61-62,65-80H2,1-4H3,(H,93,94)(H,95,96)/b25-21-,26-22-,32-28-,36-33-,37-34-,42-40-,43-41-,44-35-,51-48-,52-49-,63-59-,64-60-/t81-,82+,83+/m0/s1. The molecule has 0 heterocycles. The first-order valence-corrected chi connectivity index (χ1v) is 44.1. The van der Waals surface area contributed by atoms with Gasteiger partial charge in [0.25, 0.3) is 0 Å². The molecule has 0 saturated heterocycles. The normalized spacial score (nSPS) is 14.6. The minimum Gasteiger partial charge on any atom is -0.462 e. The van der Waals surface area contributed by atoms with E-state index in [9.17, 15) is 43.2 Å². The largest absolute Gasteiger partial charge is 0.472 e. The fourth-order valence-corrected chi connectivity index (χ4v) is 12.0. The zero-order valence-electron chi connectivity index (χ0n) is 66.3. The van der Waals surface area contributed by atoms with Crippen molar-refractivity contribution in [2.45, 2.75) is 341 Å². The summed E-state index contributed by atoms with van der Waals surface area (Å²) in [6.07, 6.45) is 90.0. The van der Waals surface area contributed by atoms with E-state index in [0.717, 1.165) is 128 Å². The summed E-state index contributed by atoms with van der Waals surface area (Å²) in [7, 11) is -10.0. The van der Waals surface area contributed by atoms with E-state index in [1.54, 1.807) is 0 Å². The second-order valence-electron chi connectivity index (χ2n) is 27.0. The van der Waals surface area contributed by atoms with E-state index in [1.807, 2.05) is 24.3 Å². The third-order valence-electron chi connectivity index (χ3n) is 16.8. The lowest BCUT2D eigenvalue weighted by Gasteiger charge is -2.21. The van der Waals surface area contributed by atoms with E-state index in [0.29, 0.717) is 38.5 Å². The predicted octanol–water partition coefficient (Wildman–Crippen LogP) is 24.2. The van der Waals surface area contributed by atoms with Crippen molar-refractivity contribution in [3.63, 3.8) is 0 Å². The summed E-state index contributed by atoms with van der Waals surface area (Å²) < 4.78 is 68.5. The molecule has 19 heteroatoms. The summed E-state index contributed by atoms with van der Waals surface area (Å²) in [6, 6.07) is 0. The molecule has 106 heavy (non-hydrogen) atoms. The van der Waals surface area contributed by atoms with E-state index in [1.165, 1.54) is 103 Å². The van der Waals surface area contributed by atoms with Gasteiger partial charge in [-0.25, -0.2) is 9.13 Å². The number of unbranched alkanes of at least 4 members (excludes halogenated alkanes) is 26. The molecule has 17 nitrogen and oxygen atoms in total. The zero-order valence-corrected chi connectivity index (χ0v) is 68.1. The Morgan fingerprint density at radius 2 is 0.481 bits per heavy atom. The van der Waals surface area contributed by atoms with Crippen LogP contribution in [0.25, 0.3) is 0 Å². The molecule has 3 N–H and O–H groups in total. The summed E-state index contributed by atoms with van der Waals surface area (Å²) in [4.78, 5) is 73.0. The topological polar surface area (TPSA) is 237 Å². The van der Waals surface area contributed by atoms with E-state index in [-0.39, 0.29) is 25.7 Å². The minimum atomic E-state index is -5.01. The molecule has 0 radical (unpaired) electrons. The lowest BCUT2D eigenvalue weighted by Crippen LogP contribution is -2.30. The van der Waals surface area contributed by atoms with E-state index in [2.05, 4.69) is 149 Å². The molecule has 0 bridgehead atoms. The number of allylic oxidation sites excluding steroid dienone is 24. The van der Waals surface area contributed by atoms with Crippen molar-refractivity contribution in [1.82, 2.24) is 0 Å². The van der Waals surface area contributed by atoms with Crippen molar-refractivity contribution < 1.29 is 80.2 Å². The third-order valence-corrected chi connectivity index (χ3v) is 18.7. The zero-order chi connectivity index (χ0) is 77.4. The molecule has 0 rings (SSSR count). The van der Waals surface area contributed by atoms with Gasteiger partial charge in [0, 0.05) is 25.7 Å². The Bertz CT molecular complexity index is 2580. The number of phosphoric ester groups is 2. The molecule has 0 fully saturated rings. The van der Waals surface area contributed by atoms with E-state index >= 15 is 0 Å². The Labute approximate surface area is 643 Å². The van der Waals surface area contributed by atoms with Crippen LogP contribution in [0.2, 0.25) is 0 Å². The summed E-state index contributed by atoms with van der Waals surface area (Å²) in [5, 5.41) is 10.6. The van der Waals surface area contributed by atoms with Crippen molar-refractivity contribution in [3.8, 4) is 0 Å². The van der Waals surface area contributed by atoms with Crippen molar-refractivity contribution in [3.05, 3.63) is 146 Å². The maximum Gasteiger partial charge on any atom is 0.472 e. The van der Waals surface area contributed by atoms with Gasteiger partial charge < -0.3 is 33.8 Å². The summed E-state index contributed by atoms with van der Waals surface area (Å²) >= 11 is 0. The third kappa shape index (κ3) is 77.1. The van der Waals surface area contributed by atoms with Gasteiger partial charge in [0.2, 0.25) is 0 Å². The molecule has 0 aromatic rings. The first-order valence-electron chi connectivity index (χ1n) is 41.1. The Morgan fingerprint density at radius 3 is 0.783 bits per heavy atom. The van der Waals surface area contributed by atoms with Gasteiger partial charge in [-0.15, -0.1) is 0 Å². The number of aliphatic hydroxyl groups is 1. The van der Waals surface area contributed by atoms with E-state index < -0.39 is 97.5 Å².